The van der Waals surface area contributed by atoms with Crippen LogP contribution >= 0.6 is 23.4 Å². The lowest BCUT2D eigenvalue weighted by atomic mass is 9.91. The van der Waals surface area contributed by atoms with E-state index in [1.54, 1.807) is 11.8 Å². The summed E-state index contributed by atoms with van der Waals surface area (Å²) in [6, 6.07) is 12.8. The zero-order chi connectivity index (χ0) is 31.4. The minimum absolute atomic E-state index is 0.0287. The standard InChI is InChI=1S/C34H44ClN5O3S/c1-21(2)43-31-19-27(25-11-14-39(24(6)18-25)26-12-15-42-16-13-26)23(5)17-29(31)37-34-36-20-28(35)33(38-34)40(41)30-9-7-8-10-32(30)44-22(3)4/h7-10,17-22,24,26,41H,11-16H2,1-6H3,(H,36,37,38). The highest BCUT2D eigenvalue weighted by atomic mass is 35.5. The number of aromatic nitrogens is 2. The topological polar surface area (TPSA) is 83.0 Å². The van der Waals surface area contributed by atoms with Gasteiger partial charge in [0.2, 0.25) is 5.95 Å². The van der Waals surface area contributed by atoms with E-state index in [0.717, 1.165) is 66.0 Å². The van der Waals surface area contributed by atoms with Crippen molar-refractivity contribution in [3.63, 3.8) is 0 Å². The van der Waals surface area contributed by atoms with Crippen molar-refractivity contribution in [2.24, 2.45) is 0 Å². The van der Waals surface area contributed by atoms with Gasteiger partial charge in [0.15, 0.2) is 5.82 Å². The van der Waals surface area contributed by atoms with Crippen molar-refractivity contribution in [2.75, 3.05) is 30.1 Å². The molecule has 2 aromatic carbocycles. The van der Waals surface area contributed by atoms with Crippen LogP contribution in [0, 0.1) is 6.92 Å². The molecule has 1 aromatic heterocycles. The molecule has 236 valence electrons. The van der Waals surface area contributed by atoms with Crippen LogP contribution in [0.4, 0.5) is 23.1 Å². The van der Waals surface area contributed by atoms with E-state index in [1.165, 1.54) is 17.3 Å². The van der Waals surface area contributed by atoms with E-state index < -0.39 is 0 Å². The van der Waals surface area contributed by atoms with Crippen LogP contribution < -0.4 is 15.1 Å². The summed E-state index contributed by atoms with van der Waals surface area (Å²) in [5.74, 6) is 1.22. The zero-order valence-electron chi connectivity index (χ0n) is 26.5. The molecule has 3 aromatic rings. The largest absolute Gasteiger partial charge is 0.489 e. The summed E-state index contributed by atoms with van der Waals surface area (Å²) >= 11 is 8.16. The molecule has 5 rings (SSSR count). The monoisotopic (exact) mass is 637 g/mol. The van der Waals surface area contributed by atoms with Crippen molar-refractivity contribution in [1.29, 1.82) is 0 Å². The van der Waals surface area contributed by atoms with Crippen LogP contribution in [-0.2, 0) is 4.74 Å². The van der Waals surface area contributed by atoms with Crippen LogP contribution in [-0.4, -0.2) is 63.3 Å². The lowest BCUT2D eigenvalue weighted by Gasteiger charge is -2.40. The van der Waals surface area contributed by atoms with E-state index >= 15 is 0 Å². The maximum atomic E-state index is 11.3. The smallest absolute Gasteiger partial charge is 0.229 e. The van der Waals surface area contributed by atoms with Gasteiger partial charge in [-0.1, -0.05) is 43.7 Å². The van der Waals surface area contributed by atoms with Gasteiger partial charge in [-0.2, -0.15) is 4.98 Å². The first-order chi connectivity index (χ1) is 21.1. The Hall–Kier alpha value is -2.82. The van der Waals surface area contributed by atoms with E-state index in [9.17, 15) is 5.21 Å². The Morgan fingerprint density at radius 3 is 2.61 bits per heavy atom. The van der Waals surface area contributed by atoms with Crippen LogP contribution in [0.5, 0.6) is 5.75 Å². The summed E-state index contributed by atoms with van der Waals surface area (Å²) in [6.07, 6.45) is 7.07. The summed E-state index contributed by atoms with van der Waals surface area (Å²) in [5.41, 5.74) is 5.04. The number of nitrogens with one attached hydrogen (secondary N) is 1. The fraction of sp³-hybridized carbons (Fsp3) is 0.471. The highest BCUT2D eigenvalue weighted by molar-refractivity contribution is 8.00. The quantitative estimate of drug-likeness (QED) is 0.168. The Kier molecular flexibility index (Phi) is 10.7. The molecule has 0 amide bonds. The molecule has 0 radical (unpaired) electrons. The maximum absolute atomic E-state index is 11.3. The molecule has 0 aliphatic carbocycles. The molecule has 0 saturated carbocycles. The van der Waals surface area contributed by atoms with Crippen LogP contribution in [0.15, 0.2) is 53.6 Å². The number of nitrogens with zero attached hydrogens (tertiary/aromatic N) is 4. The molecular weight excluding hydrogens is 594 g/mol. The van der Waals surface area contributed by atoms with Crippen LogP contribution in [0.25, 0.3) is 5.57 Å². The minimum Gasteiger partial charge on any atom is -0.489 e. The number of aryl methyl sites for hydroxylation is 1. The van der Waals surface area contributed by atoms with Gasteiger partial charge >= 0.3 is 0 Å². The first kappa shape index (κ1) is 32.6. The Morgan fingerprint density at radius 1 is 1.16 bits per heavy atom. The van der Waals surface area contributed by atoms with Gasteiger partial charge in [-0.25, -0.2) is 10.0 Å². The fourth-order valence-electron chi connectivity index (χ4n) is 5.95. The van der Waals surface area contributed by atoms with E-state index in [0.29, 0.717) is 29.0 Å². The van der Waals surface area contributed by atoms with Gasteiger partial charge in [-0.05, 0) is 87.9 Å². The highest BCUT2D eigenvalue weighted by Crippen LogP contribution is 2.39. The van der Waals surface area contributed by atoms with Crippen molar-refractivity contribution in [2.45, 2.75) is 89.1 Å². The summed E-state index contributed by atoms with van der Waals surface area (Å²) in [7, 11) is 0. The van der Waals surface area contributed by atoms with E-state index in [4.69, 9.17) is 21.1 Å². The number of ether oxygens (including phenoxy) is 2. The number of para-hydroxylation sites is 1. The average Bonchev–Trinajstić information content (AvgIpc) is 2.99. The maximum Gasteiger partial charge on any atom is 0.229 e. The summed E-state index contributed by atoms with van der Waals surface area (Å²) < 4.78 is 11.9. The molecule has 2 aliphatic rings. The number of benzene rings is 2. The number of hydrogen-bond acceptors (Lipinski definition) is 9. The van der Waals surface area contributed by atoms with Crippen LogP contribution in [0.2, 0.25) is 5.02 Å². The van der Waals surface area contributed by atoms with Gasteiger partial charge in [0, 0.05) is 42.0 Å². The number of anilines is 4. The minimum atomic E-state index is -0.0287. The third-order valence-electron chi connectivity index (χ3n) is 7.93. The lowest BCUT2D eigenvalue weighted by Crippen LogP contribution is -2.46. The number of hydrogen-bond donors (Lipinski definition) is 2. The molecule has 2 aliphatic heterocycles. The molecule has 1 saturated heterocycles. The summed E-state index contributed by atoms with van der Waals surface area (Å²) in [5, 5.41) is 16.2. The van der Waals surface area contributed by atoms with Crippen molar-refractivity contribution in [3.8, 4) is 5.75 Å². The first-order valence-electron chi connectivity index (χ1n) is 15.5. The van der Waals surface area contributed by atoms with Crippen molar-refractivity contribution in [1.82, 2.24) is 14.9 Å². The molecule has 0 bridgehead atoms. The van der Waals surface area contributed by atoms with Gasteiger partial charge in [-0.15, -0.1) is 11.8 Å². The predicted octanol–water partition coefficient (Wildman–Crippen LogP) is 8.65. The Balaban J connectivity index is 1.42. The third kappa shape index (κ3) is 7.69. The number of rotatable bonds is 10. The van der Waals surface area contributed by atoms with Gasteiger partial charge in [0.1, 0.15) is 10.8 Å². The molecule has 2 N–H and O–H groups in total. The Morgan fingerprint density at radius 2 is 1.91 bits per heavy atom. The van der Waals surface area contributed by atoms with Gasteiger partial charge in [0.25, 0.3) is 0 Å². The molecule has 10 heteroatoms. The Bertz CT molecular complexity index is 1480. The van der Waals surface area contributed by atoms with E-state index in [2.05, 4.69) is 66.1 Å². The molecule has 3 heterocycles. The molecule has 8 nitrogen and oxygen atoms in total. The van der Waals surface area contributed by atoms with Crippen molar-refractivity contribution in [3.05, 3.63) is 64.8 Å². The summed E-state index contributed by atoms with van der Waals surface area (Å²) in [4.78, 5) is 12.6. The molecule has 1 fully saturated rings. The average molecular weight is 638 g/mol. The second-order valence-electron chi connectivity index (χ2n) is 12.0. The third-order valence-corrected chi connectivity index (χ3v) is 9.27. The Labute approximate surface area is 270 Å². The van der Waals surface area contributed by atoms with Gasteiger partial charge < -0.3 is 14.8 Å². The highest BCUT2D eigenvalue weighted by Gasteiger charge is 2.28. The second kappa shape index (κ2) is 14.5. The number of thioether (sulfide) groups is 1. The van der Waals surface area contributed by atoms with Crippen LogP contribution in [0.3, 0.4) is 0 Å². The molecule has 44 heavy (non-hydrogen) atoms. The number of halogens is 1. The molecule has 1 atom stereocenters. The normalized spacial score (nSPS) is 18.0. The van der Waals surface area contributed by atoms with E-state index in [-0.39, 0.29) is 16.9 Å². The van der Waals surface area contributed by atoms with Gasteiger partial charge in [-0.3, -0.25) is 10.1 Å². The van der Waals surface area contributed by atoms with Crippen LogP contribution in [0.1, 0.15) is 65.0 Å². The van der Waals surface area contributed by atoms with E-state index in [1.807, 2.05) is 38.1 Å². The fourth-order valence-corrected chi connectivity index (χ4v) is 7.06. The van der Waals surface area contributed by atoms with Crippen molar-refractivity contribution >= 4 is 52.1 Å². The predicted molar refractivity (Wildman–Crippen MR) is 181 cm³/mol. The first-order valence-corrected chi connectivity index (χ1v) is 16.8. The molecule has 1 unspecified atom stereocenters. The second-order valence-corrected chi connectivity index (χ2v) is 14.1. The van der Waals surface area contributed by atoms with Crippen molar-refractivity contribution < 1.29 is 14.7 Å². The molecule has 0 spiro atoms. The summed E-state index contributed by atoms with van der Waals surface area (Å²) in [6.45, 7) is 15.4. The van der Waals surface area contributed by atoms with Gasteiger partial charge in [0.05, 0.1) is 23.7 Å². The zero-order valence-corrected chi connectivity index (χ0v) is 28.1. The molecular formula is C34H44ClN5O3S. The lowest BCUT2D eigenvalue weighted by molar-refractivity contribution is 0.0260. The SMILES string of the molecule is Cc1cc(Nc2ncc(Cl)c(N(O)c3ccccc3SC(C)C)n2)c(OC(C)C)cc1C1=CC(C)N(C2CCOCC2)CC1.